The molecule has 1 amide bonds. The summed E-state index contributed by atoms with van der Waals surface area (Å²) in [5, 5.41) is 8.05. The van der Waals surface area contributed by atoms with Gasteiger partial charge >= 0.3 is 0 Å². The van der Waals surface area contributed by atoms with Crippen molar-refractivity contribution in [1.29, 1.82) is 0 Å². The molecule has 1 aromatic heterocycles. The van der Waals surface area contributed by atoms with E-state index in [4.69, 9.17) is 17.3 Å². The minimum Gasteiger partial charge on any atom is -0.356 e. The van der Waals surface area contributed by atoms with Crippen molar-refractivity contribution in [2.45, 2.75) is 71.0 Å². The van der Waals surface area contributed by atoms with Crippen molar-refractivity contribution in [3.8, 4) is 0 Å². The average Bonchev–Trinajstić information content (AvgIpc) is 3.60. The number of amides is 1. The summed E-state index contributed by atoms with van der Waals surface area (Å²) in [6.45, 7) is 6.32. The van der Waals surface area contributed by atoms with Gasteiger partial charge < -0.3 is 5.32 Å². The van der Waals surface area contributed by atoms with Gasteiger partial charge in [0.05, 0.1) is 13.2 Å². The van der Waals surface area contributed by atoms with Crippen molar-refractivity contribution in [3.05, 3.63) is 46.5 Å². The molecule has 4 rings (SSSR count). The summed E-state index contributed by atoms with van der Waals surface area (Å²) in [7, 11) is 0. The number of carbonyl (C=O) groups excluding carboxylic acids is 1. The molecule has 0 bridgehead atoms. The van der Waals surface area contributed by atoms with E-state index >= 15 is 0 Å². The molecule has 0 spiro atoms. The van der Waals surface area contributed by atoms with Crippen molar-refractivity contribution in [2.75, 3.05) is 19.6 Å². The van der Waals surface area contributed by atoms with Gasteiger partial charge in [-0.2, -0.15) is 5.10 Å². The Morgan fingerprint density at radius 3 is 2.55 bits per heavy atom. The normalized spacial score (nSPS) is 17.7. The lowest BCUT2D eigenvalue weighted by atomic mass is 9.96. The van der Waals surface area contributed by atoms with E-state index < -0.39 is 0 Å². The van der Waals surface area contributed by atoms with Crippen molar-refractivity contribution >= 4 is 18.1 Å². The molecule has 2 fully saturated rings. The van der Waals surface area contributed by atoms with E-state index in [2.05, 4.69) is 46.0 Å². The minimum atomic E-state index is 0.142. The van der Waals surface area contributed by atoms with Gasteiger partial charge in [0.1, 0.15) is 5.82 Å². The first kappa shape index (κ1) is 22.2. The number of benzene rings is 1. The van der Waals surface area contributed by atoms with E-state index in [-0.39, 0.29) is 11.8 Å². The van der Waals surface area contributed by atoms with Crippen LogP contribution < -0.4 is 5.32 Å². The predicted molar refractivity (Wildman–Crippen MR) is 125 cm³/mol. The zero-order valence-corrected chi connectivity index (χ0v) is 19.4. The van der Waals surface area contributed by atoms with Crippen LogP contribution in [0.15, 0.2) is 30.3 Å². The van der Waals surface area contributed by atoms with Crippen molar-refractivity contribution in [3.63, 3.8) is 0 Å². The molecule has 0 radical (unpaired) electrons. The molecule has 168 valence electrons. The first-order valence-corrected chi connectivity index (χ1v) is 12.3. The van der Waals surface area contributed by atoms with Crippen LogP contribution in [0.2, 0.25) is 0 Å². The summed E-state index contributed by atoms with van der Waals surface area (Å²) in [6.07, 6.45) is 7.67. The number of carbonyl (C=O) groups is 1. The highest BCUT2D eigenvalue weighted by Gasteiger charge is 2.31. The second kappa shape index (κ2) is 10.6. The summed E-state index contributed by atoms with van der Waals surface area (Å²) in [6, 6.07) is 10.5. The third-order valence-electron chi connectivity index (χ3n) is 6.45. The maximum Gasteiger partial charge on any atom is 0.223 e. The fourth-order valence-electron chi connectivity index (χ4n) is 4.37. The lowest BCUT2D eigenvalue weighted by Crippen LogP contribution is -2.41. The lowest BCUT2D eigenvalue weighted by molar-refractivity contribution is -0.126. The summed E-state index contributed by atoms with van der Waals surface area (Å²) in [4.78, 5) is 14.8. The molecule has 1 aromatic carbocycles. The molecule has 2 aliphatic rings. The molecule has 2 aromatic rings. The first-order valence-electron chi connectivity index (χ1n) is 11.9. The standard InChI is InChI=1S/C24H35N5OS/c1-2-3-7-14-25-23(30)21-12-15-27(16-13-21)18-29-24(31)28(22(26-29)20-10-11-20)17-19-8-5-4-6-9-19/h4-6,8-9,20-21H,2-3,7,10-18H2,1H3,(H,25,30). The molecule has 1 saturated carbocycles. The maximum atomic E-state index is 12.4. The summed E-state index contributed by atoms with van der Waals surface area (Å²) >= 11 is 5.83. The highest BCUT2D eigenvalue weighted by Crippen LogP contribution is 2.39. The number of piperidine rings is 1. The molecule has 31 heavy (non-hydrogen) atoms. The fourth-order valence-corrected chi connectivity index (χ4v) is 4.62. The second-order valence-corrected chi connectivity index (χ2v) is 9.38. The van der Waals surface area contributed by atoms with E-state index in [9.17, 15) is 4.79 Å². The largest absolute Gasteiger partial charge is 0.356 e. The van der Waals surface area contributed by atoms with Crippen LogP contribution >= 0.6 is 12.2 Å². The lowest BCUT2D eigenvalue weighted by Gasteiger charge is -2.30. The SMILES string of the molecule is CCCCCNC(=O)C1CCN(Cn2nc(C3CC3)n(Cc3ccccc3)c2=S)CC1. The zero-order valence-electron chi connectivity index (χ0n) is 18.6. The van der Waals surface area contributed by atoms with Crippen LogP contribution in [0.1, 0.15) is 69.2 Å². The number of nitrogens with one attached hydrogen (secondary N) is 1. The monoisotopic (exact) mass is 441 g/mol. The van der Waals surface area contributed by atoms with Crippen molar-refractivity contribution in [2.24, 2.45) is 5.92 Å². The summed E-state index contributed by atoms with van der Waals surface area (Å²) in [5.74, 6) is 2.06. The summed E-state index contributed by atoms with van der Waals surface area (Å²) < 4.78 is 5.03. The molecule has 0 atom stereocenters. The molecular weight excluding hydrogens is 406 g/mol. The van der Waals surface area contributed by atoms with Gasteiger partial charge in [0.15, 0.2) is 4.77 Å². The van der Waals surface area contributed by atoms with Gasteiger partial charge in [0.2, 0.25) is 5.91 Å². The third-order valence-corrected chi connectivity index (χ3v) is 6.88. The molecule has 0 unspecified atom stereocenters. The van der Waals surface area contributed by atoms with Gasteiger partial charge in [-0.1, -0.05) is 50.1 Å². The summed E-state index contributed by atoms with van der Waals surface area (Å²) in [5.41, 5.74) is 1.26. The molecule has 1 saturated heterocycles. The Balaban J connectivity index is 1.34. The van der Waals surface area contributed by atoms with Gasteiger partial charge in [-0.3, -0.25) is 14.3 Å². The quantitative estimate of drug-likeness (QED) is 0.441. The Labute approximate surface area is 190 Å². The molecule has 1 aliphatic carbocycles. The van der Waals surface area contributed by atoms with Crippen molar-refractivity contribution in [1.82, 2.24) is 24.6 Å². The molecule has 7 heteroatoms. The van der Waals surface area contributed by atoms with E-state index in [0.29, 0.717) is 12.6 Å². The van der Waals surface area contributed by atoms with Gasteiger partial charge in [0.25, 0.3) is 0 Å². The number of aromatic nitrogens is 3. The Hall–Kier alpha value is -1.99. The first-order chi connectivity index (χ1) is 15.2. The van der Waals surface area contributed by atoms with Crippen LogP contribution in [-0.4, -0.2) is 44.8 Å². The Kier molecular flexibility index (Phi) is 7.56. The number of hydrogen-bond acceptors (Lipinski definition) is 4. The topological polar surface area (TPSA) is 55.1 Å². The number of unbranched alkanes of at least 4 members (excludes halogenated alkanes) is 2. The highest BCUT2D eigenvalue weighted by molar-refractivity contribution is 7.71. The number of nitrogens with zero attached hydrogens (tertiary/aromatic N) is 4. The van der Waals surface area contributed by atoms with Crippen LogP contribution in [0.3, 0.4) is 0 Å². The maximum absolute atomic E-state index is 12.4. The predicted octanol–water partition coefficient (Wildman–Crippen LogP) is 4.32. The van der Waals surface area contributed by atoms with Crippen LogP contribution in [0.25, 0.3) is 0 Å². The van der Waals surface area contributed by atoms with E-state index in [1.807, 2.05) is 10.7 Å². The third kappa shape index (κ3) is 5.83. The van der Waals surface area contributed by atoms with Crippen LogP contribution in [-0.2, 0) is 18.0 Å². The molecule has 1 aliphatic heterocycles. The molecular formula is C24H35N5OS. The Morgan fingerprint density at radius 1 is 1.13 bits per heavy atom. The van der Waals surface area contributed by atoms with Crippen molar-refractivity contribution < 1.29 is 4.79 Å². The number of hydrogen-bond donors (Lipinski definition) is 1. The Bertz CT molecular complexity index is 910. The van der Waals surface area contributed by atoms with Crippen LogP contribution in [0.4, 0.5) is 0 Å². The van der Waals surface area contributed by atoms with E-state index in [1.54, 1.807) is 0 Å². The van der Waals surface area contributed by atoms with Gasteiger partial charge in [0, 0.05) is 31.5 Å². The smallest absolute Gasteiger partial charge is 0.223 e. The fraction of sp³-hybridized carbons (Fsp3) is 0.625. The van der Waals surface area contributed by atoms with Crippen LogP contribution in [0.5, 0.6) is 0 Å². The minimum absolute atomic E-state index is 0.142. The Morgan fingerprint density at radius 2 is 1.87 bits per heavy atom. The van der Waals surface area contributed by atoms with E-state index in [0.717, 1.165) is 56.0 Å². The second-order valence-electron chi connectivity index (χ2n) is 9.02. The van der Waals surface area contributed by atoms with Gasteiger partial charge in [-0.05, 0) is 49.9 Å². The van der Waals surface area contributed by atoms with Crippen LogP contribution in [0, 0.1) is 10.7 Å². The average molecular weight is 442 g/mol. The van der Waals surface area contributed by atoms with Gasteiger partial charge in [-0.25, -0.2) is 4.68 Å². The van der Waals surface area contributed by atoms with E-state index in [1.165, 1.54) is 31.2 Å². The number of rotatable bonds is 10. The highest BCUT2D eigenvalue weighted by atomic mass is 32.1. The molecule has 6 nitrogen and oxygen atoms in total. The van der Waals surface area contributed by atoms with Gasteiger partial charge in [-0.15, -0.1) is 0 Å². The zero-order chi connectivity index (χ0) is 21.6. The number of likely N-dealkylation sites (tertiary alicyclic amines) is 1. The molecule has 1 N–H and O–H groups in total. The molecule has 2 heterocycles.